The molecule has 1 fully saturated rings. The number of piperidine rings is 1. The SMILES string of the molecule is Cc1cc(N2CCC(c3nccn3Cc3cccnc3)CC2)nc(N(C)C)n1. The van der Waals surface area contributed by atoms with Gasteiger partial charge in [0, 0.05) is 69.7 Å². The molecule has 0 aromatic carbocycles. The molecule has 4 heterocycles. The fourth-order valence-corrected chi connectivity index (χ4v) is 3.77. The Kier molecular flexibility index (Phi) is 5.23. The summed E-state index contributed by atoms with van der Waals surface area (Å²) in [6, 6.07) is 6.17. The summed E-state index contributed by atoms with van der Waals surface area (Å²) in [5, 5.41) is 0. The average Bonchev–Trinajstić information content (AvgIpc) is 3.16. The van der Waals surface area contributed by atoms with Crippen LogP contribution in [0.4, 0.5) is 11.8 Å². The molecule has 3 aromatic rings. The Morgan fingerprint density at radius 3 is 2.68 bits per heavy atom. The van der Waals surface area contributed by atoms with E-state index in [1.54, 1.807) is 0 Å². The lowest BCUT2D eigenvalue weighted by Gasteiger charge is -2.33. The fourth-order valence-electron chi connectivity index (χ4n) is 3.77. The molecule has 1 saturated heterocycles. The lowest BCUT2D eigenvalue weighted by Crippen LogP contribution is -2.34. The number of aromatic nitrogens is 5. The number of hydrogen-bond donors (Lipinski definition) is 0. The van der Waals surface area contributed by atoms with Crippen LogP contribution in [0, 0.1) is 6.92 Å². The Bertz CT molecular complexity index is 912. The molecule has 7 heteroatoms. The van der Waals surface area contributed by atoms with Gasteiger partial charge in [-0.25, -0.2) is 9.97 Å². The fraction of sp³-hybridized carbons (Fsp3) is 0.429. The Balaban J connectivity index is 1.45. The van der Waals surface area contributed by atoms with E-state index in [4.69, 9.17) is 4.98 Å². The van der Waals surface area contributed by atoms with E-state index in [1.165, 1.54) is 11.4 Å². The van der Waals surface area contributed by atoms with Crippen LogP contribution < -0.4 is 9.80 Å². The van der Waals surface area contributed by atoms with Crippen LogP contribution in [0.1, 0.15) is 35.8 Å². The Labute approximate surface area is 166 Å². The van der Waals surface area contributed by atoms with E-state index in [1.807, 2.05) is 50.6 Å². The third kappa shape index (κ3) is 3.98. The van der Waals surface area contributed by atoms with Crippen molar-refractivity contribution < 1.29 is 0 Å². The van der Waals surface area contributed by atoms with Gasteiger partial charge in [-0.15, -0.1) is 0 Å². The summed E-state index contributed by atoms with van der Waals surface area (Å²) in [5.41, 5.74) is 2.20. The molecule has 0 N–H and O–H groups in total. The number of anilines is 2. The first kappa shape index (κ1) is 18.4. The zero-order chi connectivity index (χ0) is 19.5. The van der Waals surface area contributed by atoms with E-state index in [0.717, 1.165) is 49.9 Å². The number of hydrogen-bond acceptors (Lipinski definition) is 6. The molecule has 0 bridgehead atoms. The maximum absolute atomic E-state index is 4.73. The van der Waals surface area contributed by atoms with Crippen molar-refractivity contribution in [2.75, 3.05) is 37.0 Å². The summed E-state index contributed by atoms with van der Waals surface area (Å²) in [6.45, 7) is 4.81. The highest BCUT2D eigenvalue weighted by Gasteiger charge is 2.25. The summed E-state index contributed by atoms with van der Waals surface area (Å²) >= 11 is 0. The summed E-state index contributed by atoms with van der Waals surface area (Å²) in [6.07, 6.45) is 9.87. The lowest BCUT2D eigenvalue weighted by molar-refractivity contribution is 0.468. The van der Waals surface area contributed by atoms with Gasteiger partial charge in [0.05, 0.1) is 6.54 Å². The summed E-state index contributed by atoms with van der Waals surface area (Å²) in [7, 11) is 3.96. The van der Waals surface area contributed by atoms with Gasteiger partial charge in [0.1, 0.15) is 11.6 Å². The first-order chi connectivity index (χ1) is 13.6. The highest BCUT2D eigenvalue weighted by molar-refractivity contribution is 5.45. The molecule has 1 aliphatic rings. The zero-order valence-electron chi connectivity index (χ0n) is 16.8. The lowest BCUT2D eigenvalue weighted by atomic mass is 9.95. The number of pyridine rings is 1. The van der Waals surface area contributed by atoms with Gasteiger partial charge in [0.25, 0.3) is 0 Å². The summed E-state index contributed by atoms with van der Waals surface area (Å²) < 4.78 is 2.26. The van der Waals surface area contributed by atoms with Crippen LogP contribution in [0.15, 0.2) is 43.0 Å². The Morgan fingerprint density at radius 2 is 1.96 bits per heavy atom. The molecule has 0 spiro atoms. The molecular weight excluding hydrogens is 350 g/mol. The molecule has 3 aromatic heterocycles. The van der Waals surface area contributed by atoms with Crippen LogP contribution >= 0.6 is 0 Å². The number of aryl methyl sites for hydroxylation is 1. The van der Waals surface area contributed by atoms with Crippen molar-refractivity contribution >= 4 is 11.8 Å². The van der Waals surface area contributed by atoms with Crippen LogP contribution in [0.25, 0.3) is 0 Å². The maximum Gasteiger partial charge on any atom is 0.226 e. The van der Waals surface area contributed by atoms with Crippen molar-refractivity contribution in [3.05, 3.63) is 60.1 Å². The van der Waals surface area contributed by atoms with Gasteiger partial charge in [0.2, 0.25) is 5.95 Å². The normalized spacial score (nSPS) is 15.0. The van der Waals surface area contributed by atoms with Crippen LogP contribution in [0.2, 0.25) is 0 Å². The predicted octanol–water partition coefficient (Wildman–Crippen LogP) is 2.87. The van der Waals surface area contributed by atoms with E-state index in [-0.39, 0.29) is 0 Å². The largest absolute Gasteiger partial charge is 0.356 e. The van der Waals surface area contributed by atoms with Gasteiger partial charge in [0.15, 0.2) is 0 Å². The number of nitrogens with zero attached hydrogens (tertiary/aromatic N) is 7. The van der Waals surface area contributed by atoms with Gasteiger partial charge in [-0.2, -0.15) is 4.98 Å². The van der Waals surface area contributed by atoms with E-state index in [2.05, 4.69) is 42.7 Å². The second-order valence-corrected chi connectivity index (χ2v) is 7.60. The molecule has 28 heavy (non-hydrogen) atoms. The minimum absolute atomic E-state index is 0.471. The minimum Gasteiger partial charge on any atom is -0.356 e. The van der Waals surface area contributed by atoms with Gasteiger partial charge in [-0.05, 0) is 31.4 Å². The van der Waals surface area contributed by atoms with Crippen LogP contribution in [0.5, 0.6) is 0 Å². The molecule has 7 nitrogen and oxygen atoms in total. The van der Waals surface area contributed by atoms with Crippen molar-refractivity contribution in [1.29, 1.82) is 0 Å². The van der Waals surface area contributed by atoms with Crippen molar-refractivity contribution in [2.24, 2.45) is 0 Å². The van der Waals surface area contributed by atoms with Crippen molar-refractivity contribution in [3.8, 4) is 0 Å². The first-order valence-corrected chi connectivity index (χ1v) is 9.78. The molecule has 4 rings (SSSR count). The number of rotatable bonds is 5. The molecule has 0 atom stereocenters. The molecule has 0 amide bonds. The van der Waals surface area contributed by atoms with Gasteiger partial charge >= 0.3 is 0 Å². The molecule has 1 aliphatic heterocycles. The second kappa shape index (κ2) is 7.96. The van der Waals surface area contributed by atoms with Crippen molar-refractivity contribution in [3.63, 3.8) is 0 Å². The zero-order valence-corrected chi connectivity index (χ0v) is 16.8. The second-order valence-electron chi connectivity index (χ2n) is 7.60. The van der Waals surface area contributed by atoms with E-state index >= 15 is 0 Å². The van der Waals surface area contributed by atoms with Crippen LogP contribution in [0.3, 0.4) is 0 Å². The predicted molar refractivity (Wildman–Crippen MR) is 111 cm³/mol. The third-order valence-electron chi connectivity index (χ3n) is 5.24. The van der Waals surface area contributed by atoms with Crippen LogP contribution in [-0.2, 0) is 6.54 Å². The van der Waals surface area contributed by atoms with E-state index < -0.39 is 0 Å². The standard InChI is InChI=1S/C21H27N7/c1-16-13-19(25-21(24-16)26(2)3)27-10-6-18(7-11-27)20-23-9-12-28(20)15-17-5-4-8-22-14-17/h4-5,8-9,12-14,18H,6-7,10-11,15H2,1-3H3. The van der Waals surface area contributed by atoms with E-state index in [0.29, 0.717) is 5.92 Å². The highest BCUT2D eigenvalue weighted by Crippen LogP contribution is 2.30. The third-order valence-corrected chi connectivity index (χ3v) is 5.24. The van der Waals surface area contributed by atoms with Gasteiger partial charge in [-0.1, -0.05) is 6.07 Å². The maximum atomic E-state index is 4.73. The summed E-state index contributed by atoms with van der Waals surface area (Å²) in [5.74, 6) is 3.44. The topological polar surface area (TPSA) is 63.0 Å². The monoisotopic (exact) mass is 377 g/mol. The average molecular weight is 377 g/mol. The van der Waals surface area contributed by atoms with Crippen LogP contribution in [-0.4, -0.2) is 51.7 Å². The molecule has 0 radical (unpaired) electrons. The molecule has 0 unspecified atom stereocenters. The molecule has 0 aliphatic carbocycles. The van der Waals surface area contributed by atoms with Gasteiger partial charge < -0.3 is 14.4 Å². The van der Waals surface area contributed by atoms with Gasteiger partial charge in [-0.3, -0.25) is 4.98 Å². The summed E-state index contributed by atoms with van der Waals surface area (Å²) in [4.78, 5) is 22.5. The Morgan fingerprint density at radius 1 is 1.14 bits per heavy atom. The van der Waals surface area contributed by atoms with Crippen molar-refractivity contribution in [1.82, 2.24) is 24.5 Å². The molecule has 0 saturated carbocycles. The highest BCUT2D eigenvalue weighted by atomic mass is 15.3. The molecule has 146 valence electrons. The van der Waals surface area contributed by atoms with E-state index in [9.17, 15) is 0 Å². The Hall–Kier alpha value is -2.96. The minimum atomic E-state index is 0.471. The smallest absolute Gasteiger partial charge is 0.226 e. The molecular formula is C21H27N7. The quantitative estimate of drug-likeness (QED) is 0.681. The van der Waals surface area contributed by atoms with Crippen molar-refractivity contribution in [2.45, 2.75) is 32.2 Å². The first-order valence-electron chi connectivity index (χ1n) is 9.78. The number of imidazole rings is 1.